The van der Waals surface area contributed by atoms with Crippen LogP contribution in [0.4, 0.5) is 0 Å². The number of carbonyl (C=O) groups excluding carboxylic acids is 2. The van der Waals surface area contributed by atoms with Crippen molar-refractivity contribution in [1.29, 1.82) is 0 Å². The van der Waals surface area contributed by atoms with Crippen molar-refractivity contribution in [1.82, 2.24) is 4.57 Å². The fourth-order valence-corrected chi connectivity index (χ4v) is 2.81. The first-order valence-electron chi connectivity index (χ1n) is 6.34. The van der Waals surface area contributed by atoms with Gasteiger partial charge in [0, 0.05) is 12.2 Å². The number of hydrogen-bond donors (Lipinski definition) is 1. The summed E-state index contributed by atoms with van der Waals surface area (Å²) >= 11 is 6.08. The predicted octanol–water partition coefficient (Wildman–Crippen LogP) is 1.92. The summed E-state index contributed by atoms with van der Waals surface area (Å²) in [5.74, 6) is -3.31. The van der Waals surface area contributed by atoms with Gasteiger partial charge in [0.1, 0.15) is 5.69 Å². The molecule has 0 amide bonds. The number of esters is 1. The maximum atomic E-state index is 12.0. The molecule has 0 spiro atoms. The van der Waals surface area contributed by atoms with Crippen LogP contribution >= 0.6 is 11.6 Å². The summed E-state index contributed by atoms with van der Waals surface area (Å²) in [4.78, 5) is 34.6. The number of Topliss-reactive ketones (excluding diaryl/α,β-unsaturated/α-hetero) is 1. The zero-order chi connectivity index (χ0) is 14.9. The third-order valence-corrected chi connectivity index (χ3v) is 3.61. The van der Waals surface area contributed by atoms with Crippen LogP contribution in [0.5, 0.6) is 0 Å². The van der Waals surface area contributed by atoms with Crippen LogP contribution in [0.25, 0.3) is 0 Å². The van der Waals surface area contributed by atoms with Crippen molar-refractivity contribution in [2.75, 3.05) is 6.61 Å². The maximum Gasteiger partial charge on any atom is 0.378 e. The summed E-state index contributed by atoms with van der Waals surface area (Å²) in [5, 5.41) is 8.76. The summed E-state index contributed by atoms with van der Waals surface area (Å²) in [5.41, 5.74) is 0.582. The number of aliphatic carboxylic acids is 1. The number of carbonyl (C=O) groups is 3. The molecule has 1 aliphatic rings. The zero-order valence-electron chi connectivity index (χ0n) is 10.9. The molecule has 0 saturated heterocycles. The summed E-state index contributed by atoms with van der Waals surface area (Å²) < 4.78 is 6.47. The number of hydrogen-bond acceptors (Lipinski definition) is 4. The molecule has 1 aromatic heterocycles. The van der Waals surface area contributed by atoms with Gasteiger partial charge in [-0.2, -0.15) is 0 Å². The van der Waals surface area contributed by atoms with Crippen LogP contribution < -0.4 is 0 Å². The van der Waals surface area contributed by atoms with E-state index in [1.165, 1.54) is 4.57 Å². The van der Waals surface area contributed by atoms with Crippen LogP contribution in [0.1, 0.15) is 46.3 Å². The molecule has 0 atom stereocenters. The Labute approximate surface area is 120 Å². The van der Waals surface area contributed by atoms with Gasteiger partial charge in [0.15, 0.2) is 0 Å². The molecule has 0 aliphatic carbocycles. The lowest BCUT2D eigenvalue weighted by Gasteiger charge is -2.17. The Morgan fingerprint density at radius 3 is 2.65 bits per heavy atom. The first-order valence-corrected chi connectivity index (χ1v) is 6.72. The van der Waals surface area contributed by atoms with Crippen molar-refractivity contribution in [3.63, 3.8) is 0 Å². The van der Waals surface area contributed by atoms with E-state index in [4.69, 9.17) is 21.4 Å². The number of aromatic nitrogens is 1. The van der Waals surface area contributed by atoms with Crippen LogP contribution in [0.2, 0.25) is 5.02 Å². The molecule has 6 nitrogen and oxygen atoms in total. The molecule has 20 heavy (non-hydrogen) atoms. The number of halogens is 1. The number of carboxylic acids is 1. The standard InChI is InChI=1S/C13H14ClNO5/c1-2-20-13(19)8-7-5-3-4-6-15(7)10(9(8)14)11(16)12(17)18/h2-6H2,1H3,(H,17,18). The van der Waals surface area contributed by atoms with Gasteiger partial charge >= 0.3 is 11.9 Å². The average Bonchev–Trinajstić information content (AvgIpc) is 2.70. The molecule has 1 aromatic rings. The van der Waals surface area contributed by atoms with Gasteiger partial charge in [-0.05, 0) is 26.2 Å². The zero-order valence-corrected chi connectivity index (χ0v) is 11.7. The van der Waals surface area contributed by atoms with E-state index in [1.54, 1.807) is 6.92 Å². The molecule has 2 rings (SSSR count). The Kier molecular flexibility index (Phi) is 4.13. The number of nitrogens with zero attached hydrogens (tertiary/aromatic N) is 1. The highest BCUT2D eigenvalue weighted by atomic mass is 35.5. The Morgan fingerprint density at radius 1 is 1.35 bits per heavy atom. The van der Waals surface area contributed by atoms with Crippen molar-refractivity contribution < 1.29 is 24.2 Å². The smallest absolute Gasteiger partial charge is 0.378 e. The van der Waals surface area contributed by atoms with E-state index in [-0.39, 0.29) is 22.9 Å². The SMILES string of the molecule is CCOC(=O)c1c(Cl)c(C(=O)C(=O)O)n2c1CCCC2. The monoisotopic (exact) mass is 299 g/mol. The minimum absolute atomic E-state index is 0.118. The second-order valence-electron chi connectivity index (χ2n) is 4.45. The molecule has 0 unspecified atom stereocenters. The van der Waals surface area contributed by atoms with E-state index >= 15 is 0 Å². The van der Waals surface area contributed by atoms with Crippen molar-refractivity contribution in [3.8, 4) is 0 Å². The Balaban J connectivity index is 2.61. The Bertz CT molecular complexity index is 590. The molecule has 108 valence electrons. The highest BCUT2D eigenvalue weighted by Crippen LogP contribution is 2.33. The van der Waals surface area contributed by atoms with Gasteiger partial charge < -0.3 is 14.4 Å². The lowest BCUT2D eigenvalue weighted by molar-refractivity contribution is -0.131. The minimum atomic E-state index is -1.59. The topological polar surface area (TPSA) is 85.6 Å². The van der Waals surface area contributed by atoms with Gasteiger partial charge in [-0.15, -0.1) is 0 Å². The fourth-order valence-electron chi connectivity index (χ4n) is 2.44. The first-order chi connectivity index (χ1) is 9.49. The van der Waals surface area contributed by atoms with E-state index < -0.39 is 17.7 Å². The average molecular weight is 300 g/mol. The van der Waals surface area contributed by atoms with Gasteiger partial charge in [0.2, 0.25) is 0 Å². The molecule has 0 radical (unpaired) electrons. The molecule has 1 N–H and O–H groups in total. The van der Waals surface area contributed by atoms with Gasteiger partial charge in [0.25, 0.3) is 5.78 Å². The number of fused-ring (bicyclic) bond motifs is 1. The molecule has 0 bridgehead atoms. The lowest BCUT2D eigenvalue weighted by atomic mass is 10.1. The highest BCUT2D eigenvalue weighted by molar-refractivity contribution is 6.46. The summed E-state index contributed by atoms with van der Waals surface area (Å²) in [6.45, 7) is 2.32. The van der Waals surface area contributed by atoms with Gasteiger partial charge in [0.05, 0.1) is 17.2 Å². The van der Waals surface area contributed by atoms with Crippen LogP contribution in [0, 0.1) is 0 Å². The van der Waals surface area contributed by atoms with Gasteiger partial charge in [-0.1, -0.05) is 11.6 Å². The lowest BCUT2D eigenvalue weighted by Crippen LogP contribution is -2.21. The van der Waals surface area contributed by atoms with Crippen LogP contribution in [0.15, 0.2) is 0 Å². The van der Waals surface area contributed by atoms with Gasteiger partial charge in [-0.3, -0.25) is 4.79 Å². The van der Waals surface area contributed by atoms with Crippen molar-refractivity contribution in [2.24, 2.45) is 0 Å². The summed E-state index contributed by atoms with van der Waals surface area (Å²) in [7, 11) is 0. The third kappa shape index (κ3) is 2.31. The minimum Gasteiger partial charge on any atom is -0.475 e. The number of carboxylic acid groups (broad SMARTS) is 1. The second kappa shape index (κ2) is 5.66. The first kappa shape index (κ1) is 14.6. The normalized spacial score (nSPS) is 13.7. The second-order valence-corrected chi connectivity index (χ2v) is 4.83. The number of rotatable bonds is 4. The van der Waals surface area contributed by atoms with E-state index in [0.717, 1.165) is 12.8 Å². The van der Waals surface area contributed by atoms with E-state index in [9.17, 15) is 14.4 Å². The largest absolute Gasteiger partial charge is 0.475 e. The molecule has 7 heteroatoms. The Hall–Kier alpha value is -1.82. The molecular weight excluding hydrogens is 286 g/mol. The van der Waals surface area contributed by atoms with Gasteiger partial charge in [-0.25, -0.2) is 9.59 Å². The van der Waals surface area contributed by atoms with Crippen LogP contribution in [-0.2, 0) is 22.5 Å². The Morgan fingerprint density at radius 2 is 2.05 bits per heavy atom. The third-order valence-electron chi connectivity index (χ3n) is 3.25. The van der Waals surface area contributed by atoms with E-state index in [1.807, 2.05) is 0 Å². The van der Waals surface area contributed by atoms with Crippen molar-refractivity contribution in [3.05, 3.63) is 22.0 Å². The fraction of sp³-hybridized carbons (Fsp3) is 0.462. The van der Waals surface area contributed by atoms with Crippen LogP contribution in [-0.4, -0.2) is 34.0 Å². The summed E-state index contributed by atoms with van der Waals surface area (Å²) in [6.07, 6.45) is 2.23. The van der Waals surface area contributed by atoms with E-state index in [0.29, 0.717) is 18.7 Å². The quantitative estimate of drug-likeness (QED) is 0.521. The maximum absolute atomic E-state index is 12.0. The molecule has 0 aromatic carbocycles. The molecular formula is C13H14ClNO5. The molecule has 0 fully saturated rings. The molecule has 0 saturated carbocycles. The highest BCUT2D eigenvalue weighted by Gasteiger charge is 2.33. The van der Waals surface area contributed by atoms with E-state index in [2.05, 4.69) is 0 Å². The van der Waals surface area contributed by atoms with Crippen LogP contribution in [0.3, 0.4) is 0 Å². The van der Waals surface area contributed by atoms with Crippen molar-refractivity contribution >= 4 is 29.3 Å². The molecule has 2 heterocycles. The number of ether oxygens (including phenoxy) is 1. The predicted molar refractivity (Wildman–Crippen MR) is 70.3 cm³/mol. The molecule has 1 aliphatic heterocycles. The van der Waals surface area contributed by atoms with Crippen molar-refractivity contribution in [2.45, 2.75) is 32.7 Å². The summed E-state index contributed by atoms with van der Waals surface area (Å²) in [6, 6.07) is 0. The number of ketones is 1.